The van der Waals surface area contributed by atoms with Crippen molar-refractivity contribution in [3.05, 3.63) is 67.8 Å². The lowest BCUT2D eigenvalue weighted by Crippen LogP contribution is -2.48. The largest absolute Gasteiger partial charge is 0.416 e. The lowest BCUT2D eigenvalue weighted by atomic mass is 9.73. The van der Waals surface area contributed by atoms with E-state index in [1.807, 2.05) is 4.90 Å². The molecular formula is C28H32F3IN2O. The van der Waals surface area contributed by atoms with Gasteiger partial charge in [-0.15, -0.1) is 0 Å². The third-order valence-electron chi connectivity index (χ3n) is 8.53. The Labute approximate surface area is 219 Å². The van der Waals surface area contributed by atoms with Crippen LogP contribution in [0.25, 0.3) is 0 Å². The number of aryl methyl sites for hydroxylation is 1. The fraction of sp³-hybridized carbons (Fsp3) is 0.536. The van der Waals surface area contributed by atoms with Crippen LogP contribution in [0.15, 0.2) is 36.4 Å². The molecule has 0 radical (unpaired) electrons. The number of carbonyl (C=O) groups is 1. The van der Waals surface area contributed by atoms with Crippen LogP contribution < -0.4 is 5.32 Å². The number of nitrogens with zero attached hydrogens (tertiary/aromatic N) is 1. The molecule has 0 aromatic heterocycles. The summed E-state index contributed by atoms with van der Waals surface area (Å²) in [5.41, 5.74) is 3.24. The standard InChI is InChI=1S/C28H32F3IN2O/c1-17(2)27(11-9-23(15-27)33-25-8-4-19-14-22(32)6-7-24(19)25)26(35)34-12-10-18-3-5-21(28(29,30)31)13-20(18)16-34/h3,5-7,13-14,17,23,25,33H,4,8-12,15-16H2,1-2H3/t23-,25?,27+/m1/s1. The van der Waals surface area contributed by atoms with E-state index in [-0.39, 0.29) is 24.4 Å². The number of halogens is 4. The van der Waals surface area contributed by atoms with Gasteiger partial charge in [0.05, 0.1) is 11.0 Å². The van der Waals surface area contributed by atoms with Crippen LogP contribution in [0.3, 0.4) is 0 Å². The Morgan fingerprint density at radius 1 is 1.09 bits per heavy atom. The first-order chi connectivity index (χ1) is 16.6. The van der Waals surface area contributed by atoms with Gasteiger partial charge < -0.3 is 10.2 Å². The molecule has 0 spiro atoms. The molecule has 0 saturated heterocycles. The number of alkyl halides is 3. The average Bonchev–Trinajstić information content (AvgIpc) is 3.42. The topological polar surface area (TPSA) is 32.3 Å². The Balaban J connectivity index is 1.31. The summed E-state index contributed by atoms with van der Waals surface area (Å²) in [4.78, 5) is 15.8. The van der Waals surface area contributed by atoms with E-state index in [0.717, 1.165) is 43.7 Å². The summed E-state index contributed by atoms with van der Waals surface area (Å²) in [6.07, 6.45) is 0.944. The summed E-state index contributed by atoms with van der Waals surface area (Å²) < 4.78 is 41.0. The zero-order valence-electron chi connectivity index (χ0n) is 20.2. The lowest BCUT2D eigenvalue weighted by molar-refractivity contribution is -0.145. The molecule has 7 heteroatoms. The van der Waals surface area contributed by atoms with E-state index in [1.165, 1.54) is 20.8 Å². The average molecular weight is 596 g/mol. The molecule has 1 amide bonds. The Morgan fingerprint density at radius 3 is 2.63 bits per heavy atom. The molecular weight excluding hydrogens is 564 g/mol. The minimum atomic E-state index is -4.37. The molecule has 188 valence electrons. The molecule has 2 aromatic rings. The van der Waals surface area contributed by atoms with Gasteiger partial charge in [0.15, 0.2) is 0 Å². The SMILES string of the molecule is CC(C)[C@]1(C(=O)N2CCc3ccc(C(F)(F)F)cc3C2)CC[C@@H](NC2CCc3cc(I)ccc32)C1. The zero-order valence-corrected chi connectivity index (χ0v) is 22.4. The second-order valence-electron chi connectivity index (χ2n) is 10.8. The highest BCUT2D eigenvalue weighted by Crippen LogP contribution is 2.47. The van der Waals surface area contributed by atoms with Gasteiger partial charge in [-0.05, 0) is 114 Å². The van der Waals surface area contributed by atoms with Crippen molar-refractivity contribution >= 4 is 28.5 Å². The molecule has 35 heavy (non-hydrogen) atoms. The maximum absolute atomic E-state index is 13.9. The predicted octanol–water partition coefficient (Wildman–Crippen LogP) is 6.67. The van der Waals surface area contributed by atoms with Crippen molar-refractivity contribution in [1.29, 1.82) is 0 Å². The number of amides is 1. The van der Waals surface area contributed by atoms with E-state index >= 15 is 0 Å². The molecule has 1 aliphatic heterocycles. The van der Waals surface area contributed by atoms with Crippen molar-refractivity contribution in [2.45, 2.75) is 77.2 Å². The fourth-order valence-electron chi connectivity index (χ4n) is 6.45. The second-order valence-corrected chi connectivity index (χ2v) is 12.1. The maximum atomic E-state index is 13.9. The van der Waals surface area contributed by atoms with Crippen molar-refractivity contribution in [3.63, 3.8) is 0 Å². The minimum Gasteiger partial charge on any atom is -0.338 e. The van der Waals surface area contributed by atoms with Crippen LogP contribution in [-0.4, -0.2) is 23.4 Å². The van der Waals surface area contributed by atoms with E-state index in [9.17, 15) is 18.0 Å². The van der Waals surface area contributed by atoms with Crippen molar-refractivity contribution in [2.75, 3.05) is 6.54 Å². The highest BCUT2D eigenvalue weighted by molar-refractivity contribution is 14.1. The van der Waals surface area contributed by atoms with E-state index < -0.39 is 17.2 Å². The smallest absolute Gasteiger partial charge is 0.338 e. The summed E-state index contributed by atoms with van der Waals surface area (Å²) in [7, 11) is 0. The van der Waals surface area contributed by atoms with E-state index in [2.05, 4.69) is 60.0 Å². The van der Waals surface area contributed by atoms with Gasteiger partial charge in [0.25, 0.3) is 0 Å². The van der Waals surface area contributed by atoms with Crippen LogP contribution in [-0.2, 0) is 30.4 Å². The summed E-state index contributed by atoms with van der Waals surface area (Å²) in [6, 6.07) is 11.2. The van der Waals surface area contributed by atoms with Crippen LogP contribution >= 0.6 is 22.6 Å². The van der Waals surface area contributed by atoms with Crippen LogP contribution in [0, 0.1) is 14.9 Å². The molecule has 3 aliphatic rings. The van der Waals surface area contributed by atoms with Gasteiger partial charge in [0.2, 0.25) is 5.91 Å². The van der Waals surface area contributed by atoms with Crippen molar-refractivity contribution in [1.82, 2.24) is 10.2 Å². The van der Waals surface area contributed by atoms with Crippen molar-refractivity contribution in [3.8, 4) is 0 Å². The van der Waals surface area contributed by atoms with E-state index in [0.29, 0.717) is 24.6 Å². The first-order valence-corrected chi connectivity index (χ1v) is 13.7. The molecule has 0 bridgehead atoms. The van der Waals surface area contributed by atoms with Crippen LogP contribution in [0.1, 0.15) is 73.4 Å². The number of rotatable bonds is 4. The lowest BCUT2D eigenvalue weighted by Gasteiger charge is -2.40. The van der Waals surface area contributed by atoms with Gasteiger partial charge in [-0.3, -0.25) is 4.79 Å². The van der Waals surface area contributed by atoms with Crippen molar-refractivity contribution in [2.24, 2.45) is 11.3 Å². The molecule has 1 unspecified atom stereocenters. The van der Waals surface area contributed by atoms with E-state index in [4.69, 9.17) is 0 Å². The maximum Gasteiger partial charge on any atom is 0.416 e. The van der Waals surface area contributed by atoms with E-state index in [1.54, 1.807) is 6.07 Å². The van der Waals surface area contributed by atoms with Crippen LogP contribution in [0.5, 0.6) is 0 Å². The Morgan fingerprint density at radius 2 is 1.89 bits per heavy atom. The highest BCUT2D eigenvalue weighted by atomic mass is 127. The minimum absolute atomic E-state index is 0.112. The number of hydrogen-bond acceptors (Lipinski definition) is 2. The third kappa shape index (κ3) is 4.75. The molecule has 5 rings (SSSR count). The van der Waals surface area contributed by atoms with Crippen LogP contribution in [0.2, 0.25) is 0 Å². The van der Waals surface area contributed by atoms with Crippen LogP contribution in [0.4, 0.5) is 13.2 Å². The predicted molar refractivity (Wildman–Crippen MR) is 139 cm³/mol. The molecule has 3 nitrogen and oxygen atoms in total. The highest BCUT2D eigenvalue weighted by Gasteiger charge is 2.50. The van der Waals surface area contributed by atoms with Gasteiger partial charge in [-0.25, -0.2) is 0 Å². The van der Waals surface area contributed by atoms with Gasteiger partial charge in [-0.1, -0.05) is 26.0 Å². The second kappa shape index (κ2) is 9.36. The summed E-state index contributed by atoms with van der Waals surface area (Å²) in [6.45, 7) is 5.07. The third-order valence-corrected chi connectivity index (χ3v) is 9.20. The summed E-state index contributed by atoms with van der Waals surface area (Å²) >= 11 is 2.36. The molecule has 3 atom stereocenters. The fourth-order valence-corrected chi connectivity index (χ4v) is 7.00. The van der Waals surface area contributed by atoms with Gasteiger partial charge in [-0.2, -0.15) is 13.2 Å². The number of benzene rings is 2. The normalized spacial score (nSPS) is 26.2. The van der Waals surface area contributed by atoms with Gasteiger partial charge in [0.1, 0.15) is 0 Å². The Bertz CT molecular complexity index is 1130. The first-order valence-electron chi connectivity index (χ1n) is 12.6. The van der Waals surface area contributed by atoms with Crippen molar-refractivity contribution < 1.29 is 18.0 Å². The number of fused-ring (bicyclic) bond motifs is 2. The molecule has 1 fully saturated rings. The molecule has 1 heterocycles. The molecule has 1 saturated carbocycles. The number of nitrogens with one attached hydrogen (secondary N) is 1. The molecule has 1 N–H and O–H groups in total. The first kappa shape index (κ1) is 25.1. The molecule has 2 aromatic carbocycles. The summed E-state index contributed by atoms with van der Waals surface area (Å²) in [5, 5.41) is 3.86. The Kier molecular flexibility index (Phi) is 6.70. The summed E-state index contributed by atoms with van der Waals surface area (Å²) in [5.74, 6) is 0.281. The van der Waals surface area contributed by atoms with Gasteiger partial charge >= 0.3 is 6.18 Å². The number of carbonyl (C=O) groups excluding carboxylic acids is 1. The van der Waals surface area contributed by atoms with Gasteiger partial charge in [0, 0.05) is 28.7 Å². The molecule has 2 aliphatic carbocycles. The Hall–Kier alpha value is -1.61. The zero-order chi connectivity index (χ0) is 25.0. The monoisotopic (exact) mass is 596 g/mol. The number of hydrogen-bond donors (Lipinski definition) is 1. The quantitative estimate of drug-likeness (QED) is 0.401.